The lowest BCUT2D eigenvalue weighted by molar-refractivity contribution is -0.130. The second-order valence-electron chi connectivity index (χ2n) is 6.15. The first kappa shape index (κ1) is 16.0. The molecule has 1 heterocycles. The van der Waals surface area contributed by atoms with E-state index in [4.69, 9.17) is 0 Å². The van der Waals surface area contributed by atoms with Gasteiger partial charge in [-0.05, 0) is 25.0 Å². The van der Waals surface area contributed by atoms with E-state index in [1.165, 1.54) is 4.90 Å². The molecule has 2 aromatic rings. The molecule has 4 nitrogen and oxygen atoms in total. The summed E-state index contributed by atoms with van der Waals surface area (Å²) in [5.74, 6) is -0.228. The van der Waals surface area contributed by atoms with Crippen molar-refractivity contribution in [3.8, 4) is 0 Å². The molecular weight excluding hydrogens is 300 g/mol. The molecule has 122 valence electrons. The molecule has 0 spiro atoms. The van der Waals surface area contributed by atoms with Gasteiger partial charge in [0.05, 0.1) is 0 Å². The highest BCUT2D eigenvalue weighted by Gasteiger charge is 2.48. The number of rotatable bonds is 4. The molecule has 1 N–H and O–H groups in total. The monoisotopic (exact) mass is 320 g/mol. The van der Waals surface area contributed by atoms with Gasteiger partial charge in [-0.25, -0.2) is 4.79 Å². The number of hydrogen-bond acceptors (Lipinski definition) is 2. The Labute approximate surface area is 141 Å². The van der Waals surface area contributed by atoms with Crippen LogP contribution < -0.4 is 5.32 Å². The van der Waals surface area contributed by atoms with E-state index in [0.29, 0.717) is 0 Å². The van der Waals surface area contributed by atoms with Gasteiger partial charge in [-0.15, -0.1) is 0 Å². The van der Waals surface area contributed by atoms with Crippen LogP contribution in [0.5, 0.6) is 0 Å². The topological polar surface area (TPSA) is 49.4 Å². The summed E-state index contributed by atoms with van der Waals surface area (Å²) in [4.78, 5) is 26.3. The number of carbonyl (C=O) groups is 2. The molecule has 3 amide bonds. The number of imide groups is 1. The number of amides is 3. The van der Waals surface area contributed by atoms with E-state index in [1.807, 2.05) is 73.7 Å². The van der Waals surface area contributed by atoms with Crippen LogP contribution in [0.2, 0.25) is 0 Å². The highest BCUT2D eigenvalue weighted by molar-refractivity contribution is 6.07. The van der Waals surface area contributed by atoms with Gasteiger partial charge in [0, 0.05) is 6.54 Å². The lowest BCUT2D eigenvalue weighted by Gasteiger charge is -2.22. The average Bonchev–Trinajstić information content (AvgIpc) is 2.80. The molecule has 4 heteroatoms. The van der Waals surface area contributed by atoms with Gasteiger partial charge in [0.2, 0.25) is 0 Å². The van der Waals surface area contributed by atoms with Crippen LogP contribution in [0.15, 0.2) is 60.7 Å². The summed E-state index contributed by atoms with van der Waals surface area (Å²) < 4.78 is 0. The van der Waals surface area contributed by atoms with E-state index >= 15 is 0 Å². The van der Waals surface area contributed by atoms with E-state index in [1.54, 1.807) is 6.92 Å². The van der Waals surface area contributed by atoms with Crippen molar-refractivity contribution in [1.82, 2.24) is 10.2 Å². The van der Waals surface area contributed by atoms with E-state index in [-0.39, 0.29) is 18.5 Å². The lowest BCUT2D eigenvalue weighted by atomic mass is 9.91. The van der Waals surface area contributed by atoms with Crippen molar-refractivity contribution in [2.75, 3.05) is 6.54 Å². The molecular formula is C20H20N2O2. The van der Waals surface area contributed by atoms with Crippen molar-refractivity contribution < 1.29 is 9.59 Å². The Hall–Kier alpha value is -2.88. The predicted molar refractivity (Wildman–Crippen MR) is 94.3 cm³/mol. The first-order chi connectivity index (χ1) is 11.5. The second-order valence-corrected chi connectivity index (χ2v) is 6.15. The minimum absolute atomic E-state index is 0.228. The van der Waals surface area contributed by atoms with Crippen LogP contribution in [-0.4, -0.2) is 23.4 Å². The summed E-state index contributed by atoms with van der Waals surface area (Å²) in [6.07, 6.45) is 3.73. The number of benzene rings is 2. The fraction of sp³-hybridized carbons (Fsp3) is 0.200. The van der Waals surface area contributed by atoms with Crippen molar-refractivity contribution in [3.05, 3.63) is 77.4 Å². The number of aryl methyl sites for hydroxylation is 1. The van der Waals surface area contributed by atoms with Crippen LogP contribution in [-0.2, 0) is 10.3 Å². The average molecular weight is 320 g/mol. The smallest absolute Gasteiger partial charge is 0.319 e. The van der Waals surface area contributed by atoms with Gasteiger partial charge in [-0.2, -0.15) is 0 Å². The summed E-state index contributed by atoms with van der Waals surface area (Å²) in [7, 11) is 0. The Bertz CT molecular complexity index is 781. The minimum Gasteiger partial charge on any atom is -0.319 e. The Morgan fingerprint density at radius 2 is 1.71 bits per heavy atom. The highest BCUT2D eigenvalue weighted by atomic mass is 16.2. The zero-order valence-corrected chi connectivity index (χ0v) is 13.8. The van der Waals surface area contributed by atoms with Crippen LogP contribution >= 0.6 is 0 Å². The maximum Gasteiger partial charge on any atom is 0.325 e. The molecule has 0 radical (unpaired) electrons. The van der Waals surface area contributed by atoms with Crippen molar-refractivity contribution in [2.24, 2.45) is 0 Å². The van der Waals surface area contributed by atoms with E-state index in [0.717, 1.165) is 16.7 Å². The zero-order valence-electron chi connectivity index (χ0n) is 13.8. The Morgan fingerprint density at radius 1 is 1.04 bits per heavy atom. The van der Waals surface area contributed by atoms with Gasteiger partial charge in [-0.3, -0.25) is 9.69 Å². The quantitative estimate of drug-likeness (QED) is 0.877. The number of hydrogen-bond donors (Lipinski definition) is 1. The van der Waals surface area contributed by atoms with Crippen molar-refractivity contribution >= 4 is 18.0 Å². The maximum atomic E-state index is 12.8. The van der Waals surface area contributed by atoms with Crippen LogP contribution in [0.1, 0.15) is 23.6 Å². The molecule has 0 aliphatic carbocycles. The third kappa shape index (κ3) is 2.95. The van der Waals surface area contributed by atoms with Gasteiger partial charge >= 0.3 is 6.03 Å². The van der Waals surface area contributed by atoms with Gasteiger partial charge < -0.3 is 5.32 Å². The third-order valence-electron chi connectivity index (χ3n) is 4.30. The molecule has 1 aliphatic rings. The van der Waals surface area contributed by atoms with Crippen LogP contribution in [0, 0.1) is 6.92 Å². The third-order valence-corrected chi connectivity index (χ3v) is 4.30. The molecule has 1 atom stereocenters. The normalized spacial score (nSPS) is 20.7. The molecule has 3 rings (SSSR count). The van der Waals surface area contributed by atoms with E-state index in [9.17, 15) is 9.59 Å². The number of carbonyl (C=O) groups excluding carboxylic acids is 2. The Balaban J connectivity index is 1.76. The fourth-order valence-corrected chi connectivity index (χ4v) is 2.80. The SMILES string of the molecule is Cc1ccc([C@]2(C)NC(=O)N(C/C=C/c3ccccc3)C2=O)cc1. The molecule has 1 saturated heterocycles. The molecule has 1 fully saturated rings. The number of nitrogens with one attached hydrogen (secondary N) is 1. The summed E-state index contributed by atoms with van der Waals surface area (Å²) in [6, 6.07) is 17.1. The standard InChI is InChI=1S/C20H20N2O2/c1-15-10-12-17(13-11-15)20(2)18(23)22(19(24)21-20)14-6-9-16-7-4-3-5-8-16/h3-13H,14H2,1-2H3,(H,21,24)/b9-6+/t20-/m0/s1. The summed E-state index contributed by atoms with van der Waals surface area (Å²) in [5.41, 5.74) is 1.93. The molecule has 0 unspecified atom stereocenters. The minimum atomic E-state index is -1.01. The van der Waals surface area contributed by atoms with Crippen molar-refractivity contribution in [2.45, 2.75) is 19.4 Å². The van der Waals surface area contributed by atoms with Gasteiger partial charge in [0.25, 0.3) is 5.91 Å². The van der Waals surface area contributed by atoms with Crippen molar-refractivity contribution in [3.63, 3.8) is 0 Å². The second kappa shape index (κ2) is 6.32. The molecule has 0 saturated carbocycles. The van der Waals surface area contributed by atoms with Crippen LogP contribution in [0.25, 0.3) is 6.08 Å². The molecule has 0 bridgehead atoms. The predicted octanol–water partition coefficient (Wildman–Crippen LogP) is 3.48. The zero-order chi connectivity index (χ0) is 17.2. The van der Waals surface area contributed by atoms with Gasteiger partial charge in [0.15, 0.2) is 0 Å². The molecule has 1 aliphatic heterocycles. The number of urea groups is 1. The van der Waals surface area contributed by atoms with E-state index in [2.05, 4.69) is 5.32 Å². The molecule has 24 heavy (non-hydrogen) atoms. The first-order valence-electron chi connectivity index (χ1n) is 7.93. The first-order valence-corrected chi connectivity index (χ1v) is 7.93. The van der Waals surface area contributed by atoms with Crippen LogP contribution in [0.4, 0.5) is 4.79 Å². The summed E-state index contributed by atoms with van der Waals surface area (Å²) in [6.45, 7) is 3.99. The fourth-order valence-electron chi connectivity index (χ4n) is 2.80. The Morgan fingerprint density at radius 3 is 2.38 bits per heavy atom. The van der Waals surface area contributed by atoms with Crippen molar-refractivity contribution in [1.29, 1.82) is 0 Å². The van der Waals surface area contributed by atoms with E-state index < -0.39 is 5.54 Å². The summed E-state index contributed by atoms with van der Waals surface area (Å²) in [5, 5.41) is 2.82. The maximum absolute atomic E-state index is 12.8. The Kier molecular flexibility index (Phi) is 4.21. The van der Waals surface area contributed by atoms with Gasteiger partial charge in [0.1, 0.15) is 5.54 Å². The lowest BCUT2D eigenvalue weighted by Crippen LogP contribution is -2.40. The molecule has 0 aromatic heterocycles. The largest absolute Gasteiger partial charge is 0.325 e. The highest BCUT2D eigenvalue weighted by Crippen LogP contribution is 2.28. The molecule has 2 aromatic carbocycles. The number of nitrogens with zero attached hydrogens (tertiary/aromatic N) is 1. The van der Waals surface area contributed by atoms with Gasteiger partial charge in [-0.1, -0.05) is 72.3 Å². The summed E-state index contributed by atoms with van der Waals surface area (Å²) >= 11 is 0. The van der Waals surface area contributed by atoms with Crippen LogP contribution in [0.3, 0.4) is 0 Å².